The quantitative estimate of drug-likeness (QED) is 0.856. The maximum Gasteiger partial charge on any atom is 0.271 e. The minimum atomic E-state index is -0.301. The fourth-order valence-corrected chi connectivity index (χ4v) is 2.47. The molecule has 0 aliphatic heterocycles. The molecule has 0 saturated heterocycles. The van der Waals surface area contributed by atoms with Crippen LogP contribution in [0, 0.1) is 0 Å². The van der Waals surface area contributed by atoms with Gasteiger partial charge in [0.15, 0.2) is 0 Å². The van der Waals surface area contributed by atoms with E-state index in [1.807, 2.05) is 31.2 Å². The standard InChI is InChI=1S/C15H15BrClN3O/c1-9(10-4-3-5-11(16)8-10)19-15(21)14-12(17)6-7-13(18-2)20-14/h3-9H,1-2H3,(H,18,20)(H,19,21). The molecule has 0 aliphatic carbocycles. The molecule has 1 aromatic carbocycles. The monoisotopic (exact) mass is 367 g/mol. The van der Waals surface area contributed by atoms with Gasteiger partial charge in [0.05, 0.1) is 11.1 Å². The lowest BCUT2D eigenvalue weighted by Crippen LogP contribution is -2.27. The summed E-state index contributed by atoms with van der Waals surface area (Å²) < 4.78 is 0.967. The third kappa shape index (κ3) is 3.95. The first-order valence-electron chi connectivity index (χ1n) is 6.42. The van der Waals surface area contributed by atoms with Crippen LogP contribution in [-0.2, 0) is 0 Å². The van der Waals surface area contributed by atoms with Gasteiger partial charge in [-0.15, -0.1) is 0 Å². The number of hydrogen-bond acceptors (Lipinski definition) is 3. The van der Waals surface area contributed by atoms with Crippen LogP contribution in [-0.4, -0.2) is 17.9 Å². The van der Waals surface area contributed by atoms with E-state index < -0.39 is 0 Å². The SMILES string of the molecule is CNc1ccc(Cl)c(C(=O)NC(C)c2cccc(Br)c2)n1. The Hall–Kier alpha value is -1.59. The Balaban J connectivity index is 2.18. The number of benzene rings is 1. The Morgan fingerprint density at radius 3 is 2.76 bits per heavy atom. The third-order valence-corrected chi connectivity index (χ3v) is 3.81. The number of aromatic nitrogens is 1. The zero-order valence-electron chi connectivity index (χ0n) is 11.7. The largest absolute Gasteiger partial charge is 0.373 e. The number of hydrogen-bond donors (Lipinski definition) is 2. The highest BCUT2D eigenvalue weighted by atomic mass is 79.9. The molecule has 21 heavy (non-hydrogen) atoms. The van der Waals surface area contributed by atoms with Crippen molar-refractivity contribution in [1.29, 1.82) is 0 Å². The molecule has 1 heterocycles. The molecule has 0 aliphatic rings. The number of pyridine rings is 1. The number of anilines is 1. The number of nitrogens with zero attached hydrogens (tertiary/aromatic N) is 1. The van der Waals surface area contributed by atoms with Crippen molar-refractivity contribution in [1.82, 2.24) is 10.3 Å². The van der Waals surface area contributed by atoms with Crippen LogP contribution in [0.1, 0.15) is 29.0 Å². The van der Waals surface area contributed by atoms with Crippen molar-refractivity contribution in [2.45, 2.75) is 13.0 Å². The summed E-state index contributed by atoms with van der Waals surface area (Å²) in [6.45, 7) is 1.91. The van der Waals surface area contributed by atoms with Crippen LogP contribution in [0.15, 0.2) is 40.9 Å². The molecule has 0 spiro atoms. The molecule has 0 bridgehead atoms. The maximum absolute atomic E-state index is 12.3. The first-order chi connectivity index (χ1) is 10.0. The fraction of sp³-hybridized carbons (Fsp3) is 0.200. The Bertz CT molecular complexity index is 663. The van der Waals surface area contributed by atoms with Gasteiger partial charge in [-0.2, -0.15) is 0 Å². The predicted molar refractivity (Wildman–Crippen MR) is 88.8 cm³/mol. The second-order valence-corrected chi connectivity index (χ2v) is 5.85. The Kier molecular flexibility index (Phi) is 5.20. The second-order valence-electron chi connectivity index (χ2n) is 4.53. The number of halogens is 2. The zero-order chi connectivity index (χ0) is 15.4. The molecule has 2 N–H and O–H groups in total. The zero-order valence-corrected chi connectivity index (χ0v) is 14.0. The molecule has 1 atom stereocenters. The molecule has 1 unspecified atom stereocenters. The molecular weight excluding hydrogens is 354 g/mol. The van der Waals surface area contributed by atoms with Gasteiger partial charge in [0.25, 0.3) is 5.91 Å². The van der Waals surface area contributed by atoms with Gasteiger partial charge in [0.2, 0.25) is 0 Å². The topological polar surface area (TPSA) is 54.0 Å². The van der Waals surface area contributed by atoms with Gasteiger partial charge in [-0.05, 0) is 36.8 Å². The van der Waals surface area contributed by atoms with Gasteiger partial charge in [0, 0.05) is 11.5 Å². The number of amides is 1. The van der Waals surface area contributed by atoms with Gasteiger partial charge in [-0.1, -0.05) is 39.7 Å². The van der Waals surface area contributed by atoms with Crippen molar-refractivity contribution in [3.05, 3.63) is 57.2 Å². The molecule has 2 aromatic rings. The van der Waals surface area contributed by atoms with Crippen LogP contribution < -0.4 is 10.6 Å². The fourth-order valence-electron chi connectivity index (χ4n) is 1.86. The first kappa shape index (κ1) is 15.8. The maximum atomic E-state index is 12.3. The van der Waals surface area contributed by atoms with Crippen LogP contribution in [0.5, 0.6) is 0 Å². The van der Waals surface area contributed by atoms with E-state index in [0.29, 0.717) is 10.8 Å². The minimum absolute atomic E-state index is 0.147. The van der Waals surface area contributed by atoms with Crippen LogP contribution in [0.25, 0.3) is 0 Å². The summed E-state index contributed by atoms with van der Waals surface area (Å²) in [6.07, 6.45) is 0. The average Bonchev–Trinajstić information content (AvgIpc) is 2.47. The van der Waals surface area contributed by atoms with Gasteiger partial charge in [-0.25, -0.2) is 4.98 Å². The molecule has 1 aromatic heterocycles. The first-order valence-corrected chi connectivity index (χ1v) is 7.59. The van der Waals surface area contributed by atoms with Gasteiger partial charge < -0.3 is 10.6 Å². The highest BCUT2D eigenvalue weighted by Gasteiger charge is 2.16. The van der Waals surface area contributed by atoms with Gasteiger partial charge >= 0.3 is 0 Å². The number of rotatable bonds is 4. The molecule has 1 amide bonds. The van der Waals surface area contributed by atoms with Crippen molar-refractivity contribution < 1.29 is 4.79 Å². The summed E-state index contributed by atoms with van der Waals surface area (Å²) in [6, 6.07) is 11.0. The third-order valence-electron chi connectivity index (χ3n) is 3.01. The summed E-state index contributed by atoms with van der Waals surface area (Å²) in [4.78, 5) is 16.5. The highest BCUT2D eigenvalue weighted by Crippen LogP contribution is 2.20. The molecular formula is C15H15BrClN3O. The lowest BCUT2D eigenvalue weighted by molar-refractivity contribution is 0.0935. The summed E-state index contributed by atoms with van der Waals surface area (Å²) in [5, 5.41) is 6.11. The van der Waals surface area contributed by atoms with E-state index in [1.165, 1.54) is 0 Å². The number of carbonyl (C=O) groups is 1. The predicted octanol–water partition coefficient (Wildman–Crippen LogP) is 4.03. The molecule has 4 nitrogen and oxygen atoms in total. The molecule has 0 radical (unpaired) electrons. The van der Waals surface area contributed by atoms with E-state index in [0.717, 1.165) is 10.0 Å². The van der Waals surface area contributed by atoms with E-state index in [4.69, 9.17) is 11.6 Å². The van der Waals surface area contributed by atoms with Crippen LogP contribution in [0.4, 0.5) is 5.82 Å². The van der Waals surface area contributed by atoms with Gasteiger partial charge in [0.1, 0.15) is 11.5 Å². The van der Waals surface area contributed by atoms with Crippen molar-refractivity contribution in [2.24, 2.45) is 0 Å². The van der Waals surface area contributed by atoms with E-state index in [2.05, 4.69) is 31.5 Å². The van der Waals surface area contributed by atoms with Crippen LogP contribution >= 0.6 is 27.5 Å². The summed E-state index contributed by atoms with van der Waals surface area (Å²) in [5.41, 5.74) is 1.21. The minimum Gasteiger partial charge on any atom is -0.373 e. The number of nitrogens with one attached hydrogen (secondary N) is 2. The molecule has 6 heteroatoms. The molecule has 110 valence electrons. The van der Waals surface area contributed by atoms with E-state index >= 15 is 0 Å². The normalized spacial score (nSPS) is 11.8. The van der Waals surface area contributed by atoms with Crippen molar-refractivity contribution in [2.75, 3.05) is 12.4 Å². The molecule has 0 saturated carbocycles. The van der Waals surface area contributed by atoms with Crippen LogP contribution in [0.3, 0.4) is 0 Å². The van der Waals surface area contributed by atoms with E-state index in [9.17, 15) is 4.79 Å². The smallest absolute Gasteiger partial charge is 0.271 e. The summed E-state index contributed by atoms with van der Waals surface area (Å²) in [7, 11) is 1.74. The van der Waals surface area contributed by atoms with Gasteiger partial charge in [-0.3, -0.25) is 4.79 Å². The molecule has 2 rings (SSSR count). The summed E-state index contributed by atoms with van der Waals surface area (Å²) in [5.74, 6) is 0.296. The lowest BCUT2D eigenvalue weighted by atomic mass is 10.1. The Labute approximate surface area is 137 Å². The Morgan fingerprint density at radius 2 is 2.10 bits per heavy atom. The lowest BCUT2D eigenvalue weighted by Gasteiger charge is -2.15. The Morgan fingerprint density at radius 1 is 1.33 bits per heavy atom. The van der Waals surface area contributed by atoms with E-state index in [-0.39, 0.29) is 17.6 Å². The van der Waals surface area contributed by atoms with Crippen molar-refractivity contribution >= 4 is 39.3 Å². The average molecular weight is 369 g/mol. The number of carbonyl (C=O) groups excluding carboxylic acids is 1. The second kappa shape index (κ2) is 6.91. The highest BCUT2D eigenvalue weighted by molar-refractivity contribution is 9.10. The van der Waals surface area contributed by atoms with Crippen LogP contribution in [0.2, 0.25) is 5.02 Å². The van der Waals surface area contributed by atoms with E-state index in [1.54, 1.807) is 19.2 Å². The molecule has 0 fully saturated rings. The van der Waals surface area contributed by atoms with Crippen molar-refractivity contribution in [3.8, 4) is 0 Å². The summed E-state index contributed by atoms with van der Waals surface area (Å²) >= 11 is 9.46. The van der Waals surface area contributed by atoms with Crippen molar-refractivity contribution in [3.63, 3.8) is 0 Å².